The molecule has 0 radical (unpaired) electrons. The highest BCUT2D eigenvalue weighted by molar-refractivity contribution is 5.79. The van der Waals surface area contributed by atoms with Crippen molar-refractivity contribution in [1.29, 1.82) is 0 Å². The molecule has 3 nitrogen and oxygen atoms in total. The first-order chi connectivity index (χ1) is 8.68. The molecular formula is C15H28N2O. The summed E-state index contributed by atoms with van der Waals surface area (Å²) in [6, 6.07) is 0.508. The highest BCUT2D eigenvalue weighted by Gasteiger charge is 2.32. The third-order valence-corrected chi connectivity index (χ3v) is 4.30. The van der Waals surface area contributed by atoms with Crippen molar-refractivity contribution < 1.29 is 4.79 Å². The molecule has 0 aliphatic carbocycles. The van der Waals surface area contributed by atoms with Crippen LogP contribution in [-0.4, -0.2) is 36.5 Å². The van der Waals surface area contributed by atoms with Gasteiger partial charge in [0.05, 0.1) is 5.92 Å². The minimum Gasteiger partial charge on any atom is -0.339 e. The normalized spacial score (nSPS) is 29.6. The monoisotopic (exact) mass is 252 g/mol. The molecule has 2 unspecified atom stereocenters. The number of carbonyl (C=O) groups excluding carboxylic acids is 1. The average molecular weight is 252 g/mol. The summed E-state index contributed by atoms with van der Waals surface area (Å²) in [5.74, 6) is 1.35. The van der Waals surface area contributed by atoms with Gasteiger partial charge in [0.1, 0.15) is 0 Å². The molecule has 104 valence electrons. The molecule has 0 aromatic rings. The Bertz CT molecular complexity index is 272. The van der Waals surface area contributed by atoms with E-state index in [1.54, 1.807) is 0 Å². The molecule has 1 amide bonds. The van der Waals surface area contributed by atoms with Gasteiger partial charge >= 0.3 is 0 Å². The maximum Gasteiger partial charge on any atom is 0.227 e. The quantitative estimate of drug-likeness (QED) is 0.836. The lowest BCUT2D eigenvalue weighted by Gasteiger charge is -2.39. The molecule has 2 heterocycles. The Morgan fingerprint density at radius 2 is 2.11 bits per heavy atom. The van der Waals surface area contributed by atoms with E-state index < -0.39 is 0 Å². The average Bonchev–Trinajstić information content (AvgIpc) is 2.39. The SMILES string of the molecule is CC(C)CC1CCCCN1C(=O)C1CCCNC1. The summed E-state index contributed by atoms with van der Waals surface area (Å²) >= 11 is 0. The number of nitrogens with one attached hydrogen (secondary N) is 1. The van der Waals surface area contributed by atoms with Crippen LogP contribution >= 0.6 is 0 Å². The number of piperidine rings is 2. The smallest absolute Gasteiger partial charge is 0.227 e. The van der Waals surface area contributed by atoms with E-state index in [4.69, 9.17) is 0 Å². The van der Waals surface area contributed by atoms with Crippen LogP contribution in [0.15, 0.2) is 0 Å². The van der Waals surface area contributed by atoms with Crippen LogP contribution in [0.2, 0.25) is 0 Å². The van der Waals surface area contributed by atoms with Gasteiger partial charge in [-0.15, -0.1) is 0 Å². The minimum absolute atomic E-state index is 0.242. The Kier molecular flexibility index (Phi) is 5.04. The topological polar surface area (TPSA) is 32.3 Å². The van der Waals surface area contributed by atoms with Crippen molar-refractivity contribution in [2.75, 3.05) is 19.6 Å². The predicted octanol–water partition coefficient (Wildman–Crippen LogP) is 2.41. The van der Waals surface area contributed by atoms with Crippen LogP contribution in [0.3, 0.4) is 0 Å². The van der Waals surface area contributed by atoms with Crippen molar-refractivity contribution in [2.45, 2.75) is 58.4 Å². The Labute approximate surface area is 111 Å². The number of rotatable bonds is 3. The summed E-state index contributed by atoms with van der Waals surface area (Å²) in [5, 5.41) is 3.36. The molecule has 1 N–H and O–H groups in total. The van der Waals surface area contributed by atoms with Gasteiger partial charge in [-0.2, -0.15) is 0 Å². The summed E-state index contributed by atoms with van der Waals surface area (Å²) < 4.78 is 0. The zero-order valence-corrected chi connectivity index (χ0v) is 12.0. The van der Waals surface area contributed by atoms with E-state index >= 15 is 0 Å². The molecular weight excluding hydrogens is 224 g/mol. The van der Waals surface area contributed by atoms with Crippen LogP contribution < -0.4 is 5.32 Å². The van der Waals surface area contributed by atoms with E-state index in [2.05, 4.69) is 24.1 Å². The van der Waals surface area contributed by atoms with E-state index in [0.717, 1.165) is 32.5 Å². The second-order valence-corrected chi connectivity index (χ2v) is 6.35. The fraction of sp³-hybridized carbons (Fsp3) is 0.933. The van der Waals surface area contributed by atoms with E-state index in [-0.39, 0.29) is 5.92 Å². The third kappa shape index (κ3) is 3.47. The minimum atomic E-state index is 0.242. The number of nitrogens with zero attached hydrogens (tertiary/aromatic N) is 1. The predicted molar refractivity (Wildman–Crippen MR) is 74.4 cm³/mol. The molecule has 0 spiro atoms. The lowest BCUT2D eigenvalue weighted by atomic mass is 9.91. The van der Waals surface area contributed by atoms with Crippen LogP contribution in [-0.2, 0) is 4.79 Å². The van der Waals surface area contributed by atoms with Gasteiger partial charge in [-0.25, -0.2) is 0 Å². The van der Waals surface area contributed by atoms with Gasteiger partial charge in [0.2, 0.25) is 5.91 Å². The fourth-order valence-corrected chi connectivity index (χ4v) is 3.38. The van der Waals surface area contributed by atoms with Gasteiger partial charge in [0.25, 0.3) is 0 Å². The van der Waals surface area contributed by atoms with Crippen molar-refractivity contribution in [2.24, 2.45) is 11.8 Å². The highest BCUT2D eigenvalue weighted by Crippen LogP contribution is 2.25. The summed E-state index contributed by atoms with van der Waals surface area (Å²) in [7, 11) is 0. The summed E-state index contributed by atoms with van der Waals surface area (Å²) in [5.41, 5.74) is 0. The van der Waals surface area contributed by atoms with Gasteiger partial charge in [0, 0.05) is 19.1 Å². The molecule has 0 bridgehead atoms. The molecule has 2 aliphatic rings. The first-order valence-corrected chi connectivity index (χ1v) is 7.69. The molecule has 0 aromatic carbocycles. The van der Waals surface area contributed by atoms with Gasteiger partial charge in [-0.05, 0) is 51.0 Å². The lowest BCUT2D eigenvalue weighted by molar-refractivity contribution is -0.140. The lowest BCUT2D eigenvalue weighted by Crippen LogP contribution is -2.49. The van der Waals surface area contributed by atoms with Crippen LogP contribution in [0.5, 0.6) is 0 Å². The summed E-state index contributed by atoms with van der Waals surface area (Å²) in [4.78, 5) is 14.8. The molecule has 0 saturated carbocycles. The van der Waals surface area contributed by atoms with Crippen molar-refractivity contribution in [1.82, 2.24) is 10.2 Å². The Morgan fingerprint density at radius 3 is 2.78 bits per heavy atom. The van der Waals surface area contributed by atoms with Gasteiger partial charge < -0.3 is 10.2 Å². The Hall–Kier alpha value is -0.570. The second-order valence-electron chi connectivity index (χ2n) is 6.35. The maximum atomic E-state index is 12.6. The van der Waals surface area contributed by atoms with Crippen LogP contribution in [0.1, 0.15) is 52.4 Å². The molecule has 2 rings (SSSR count). The van der Waals surface area contributed by atoms with Crippen molar-refractivity contribution in [3.63, 3.8) is 0 Å². The molecule has 18 heavy (non-hydrogen) atoms. The number of hydrogen-bond acceptors (Lipinski definition) is 2. The highest BCUT2D eigenvalue weighted by atomic mass is 16.2. The number of amides is 1. The van der Waals surface area contributed by atoms with E-state index in [1.165, 1.54) is 25.7 Å². The van der Waals surface area contributed by atoms with Crippen molar-refractivity contribution in [3.05, 3.63) is 0 Å². The Balaban J connectivity index is 1.96. The zero-order valence-electron chi connectivity index (χ0n) is 12.0. The molecule has 2 fully saturated rings. The molecule has 3 heteroatoms. The third-order valence-electron chi connectivity index (χ3n) is 4.30. The van der Waals surface area contributed by atoms with Crippen LogP contribution in [0, 0.1) is 11.8 Å². The molecule has 0 aromatic heterocycles. The number of likely N-dealkylation sites (tertiary alicyclic amines) is 1. The molecule has 2 aliphatic heterocycles. The second kappa shape index (κ2) is 6.55. The Morgan fingerprint density at radius 1 is 1.28 bits per heavy atom. The summed E-state index contributed by atoms with van der Waals surface area (Å²) in [6.45, 7) is 7.49. The zero-order chi connectivity index (χ0) is 13.0. The van der Waals surface area contributed by atoms with E-state index in [0.29, 0.717) is 17.9 Å². The van der Waals surface area contributed by atoms with E-state index in [9.17, 15) is 4.79 Å². The van der Waals surface area contributed by atoms with Gasteiger partial charge in [-0.1, -0.05) is 13.8 Å². The van der Waals surface area contributed by atoms with Gasteiger partial charge in [0.15, 0.2) is 0 Å². The van der Waals surface area contributed by atoms with E-state index in [1.807, 2.05) is 0 Å². The molecule has 2 saturated heterocycles. The first kappa shape index (κ1) is 13.9. The van der Waals surface area contributed by atoms with Crippen molar-refractivity contribution >= 4 is 5.91 Å². The largest absolute Gasteiger partial charge is 0.339 e. The fourth-order valence-electron chi connectivity index (χ4n) is 3.38. The number of hydrogen-bond donors (Lipinski definition) is 1. The number of carbonyl (C=O) groups is 1. The molecule has 2 atom stereocenters. The maximum absolute atomic E-state index is 12.6. The van der Waals surface area contributed by atoms with Crippen LogP contribution in [0.25, 0.3) is 0 Å². The standard InChI is InChI=1S/C15H28N2O/c1-12(2)10-14-7-3-4-9-17(14)15(18)13-6-5-8-16-11-13/h12-14,16H,3-11H2,1-2H3. The summed E-state index contributed by atoms with van der Waals surface area (Å²) in [6.07, 6.45) is 7.11. The first-order valence-electron chi connectivity index (χ1n) is 7.69. The van der Waals surface area contributed by atoms with Gasteiger partial charge in [-0.3, -0.25) is 4.79 Å². The van der Waals surface area contributed by atoms with Crippen LogP contribution in [0.4, 0.5) is 0 Å². The van der Waals surface area contributed by atoms with Crippen molar-refractivity contribution in [3.8, 4) is 0 Å².